The molecule has 1 amide bonds. The quantitative estimate of drug-likeness (QED) is 0.823. The zero-order chi connectivity index (χ0) is 14.4. The molecule has 0 unspecified atom stereocenters. The Kier molecular flexibility index (Phi) is 4.47. The lowest BCUT2D eigenvalue weighted by Gasteiger charge is -2.02. The molecule has 2 N–H and O–H groups in total. The van der Waals surface area contributed by atoms with Crippen molar-refractivity contribution in [3.05, 3.63) is 41.3 Å². The number of pyridine rings is 1. The molecule has 102 valence electrons. The van der Waals surface area contributed by atoms with Crippen LogP contribution in [0.2, 0.25) is 0 Å². The Bertz CT molecular complexity index is 668. The molecule has 2 aromatic heterocycles. The summed E-state index contributed by atoms with van der Waals surface area (Å²) in [5.41, 5.74) is 1.37. The summed E-state index contributed by atoms with van der Waals surface area (Å²) in [6, 6.07) is 4.99. The van der Waals surface area contributed by atoms with Crippen molar-refractivity contribution < 1.29 is 14.4 Å². The molecule has 2 rings (SSSR count). The monoisotopic (exact) mass is 271 g/mol. The van der Waals surface area contributed by atoms with Gasteiger partial charge < -0.3 is 9.63 Å². The van der Waals surface area contributed by atoms with Gasteiger partial charge in [0.05, 0.1) is 17.9 Å². The predicted molar refractivity (Wildman–Crippen MR) is 72.0 cm³/mol. The number of carbonyl (C=O) groups is 1. The second kappa shape index (κ2) is 6.50. The van der Waals surface area contributed by atoms with E-state index in [9.17, 15) is 4.79 Å². The fraction of sp³-hybridized carbons (Fsp3) is 0.214. The molecule has 0 saturated heterocycles. The molecule has 0 bridgehead atoms. The summed E-state index contributed by atoms with van der Waals surface area (Å²) in [4.78, 5) is 16.1. The molecule has 0 aliphatic rings. The van der Waals surface area contributed by atoms with Crippen LogP contribution in [0.5, 0.6) is 0 Å². The smallest absolute Gasteiger partial charge is 0.277 e. The molecular weight excluding hydrogens is 258 g/mol. The molecule has 0 spiro atoms. The molecule has 2 heterocycles. The number of anilines is 1. The molecular formula is C14H13N3O3. The fourth-order valence-electron chi connectivity index (χ4n) is 1.49. The SMILES string of the molecule is Cc1cc(NC(=O)c2ncccc2C#CCCO)on1. The van der Waals surface area contributed by atoms with Crippen molar-refractivity contribution in [2.75, 3.05) is 11.9 Å². The third-order valence-corrected chi connectivity index (χ3v) is 2.35. The summed E-state index contributed by atoms with van der Waals surface area (Å²) in [7, 11) is 0. The molecule has 0 atom stereocenters. The number of amides is 1. The Balaban J connectivity index is 2.19. The van der Waals surface area contributed by atoms with Gasteiger partial charge in [0, 0.05) is 18.7 Å². The molecule has 0 aromatic carbocycles. The number of aromatic nitrogens is 2. The number of aryl methyl sites for hydroxylation is 1. The number of nitrogens with one attached hydrogen (secondary N) is 1. The van der Waals surface area contributed by atoms with Crippen LogP contribution in [0.25, 0.3) is 0 Å². The van der Waals surface area contributed by atoms with Gasteiger partial charge in [-0.15, -0.1) is 0 Å². The van der Waals surface area contributed by atoms with Gasteiger partial charge in [0.2, 0.25) is 5.88 Å². The van der Waals surface area contributed by atoms with Crippen molar-refractivity contribution in [3.8, 4) is 11.8 Å². The lowest BCUT2D eigenvalue weighted by atomic mass is 10.2. The third kappa shape index (κ3) is 3.43. The van der Waals surface area contributed by atoms with Crippen molar-refractivity contribution >= 4 is 11.8 Å². The molecule has 0 saturated carbocycles. The van der Waals surface area contributed by atoms with Crippen LogP contribution in [0, 0.1) is 18.8 Å². The topological polar surface area (TPSA) is 88.2 Å². The minimum Gasteiger partial charge on any atom is -0.395 e. The summed E-state index contributed by atoms with van der Waals surface area (Å²) in [6.45, 7) is 1.73. The summed E-state index contributed by atoms with van der Waals surface area (Å²) in [5.74, 6) is 5.40. The Labute approximate surface area is 115 Å². The molecule has 0 fully saturated rings. The molecule has 0 aliphatic carbocycles. The second-order valence-electron chi connectivity index (χ2n) is 3.96. The van der Waals surface area contributed by atoms with Crippen LogP contribution in [0.3, 0.4) is 0 Å². The highest BCUT2D eigenvalue weighted by atomic mass is 16.5. The van der Waals surface area contributed by atoms with E-state index >= 15 is 0 Å². The second-order valence-corrected chi connectivity index (χ2v) is 3.96. The minimum atomic E-state index is -0.421. The van der Waals surface area contributed by atoms with Gasteiger partial charge >= 0.3 is 0 Å². The van der Waals surface area contributed by atoms with Gasteiger partial charge in [-0.2, -0.15) is 0 Å². The molecule has 0 radical (unpaired) electrons. The Morgan fingerprint density at radius 1 is 1.55 bits per heavy atom. The molecule has 6 nitrogen and oxygen atoms in total. The summed E-state index contributed by atoms with van der Waals surface area (Å²) in [5, 5.41) is 14.9. The Hall–Kier alpha value is -2.65. The van der Waals surface area contributed by atoms with E-state index in [1.54, 1.807) is 25.1 Å². The van der Waals surface area contributed by atoms with Crippen molar-refractivity contribution in [1.29, 1.82) is 0 Å². The molecule has 2 aromatic rings. The Morgan fingerprint density at radius 2 is 2.40 bits per heavy atom. The van der Waals surface area contributed by atoms with Crippen LogP contribution >= 0.6 is 0 Å². The number of aliphatic hydroxyl groups excluding tert-OH is 1. The van der Waals surface area contributed by atoms with Crippen molar-refractivity contribution in [3.63, 3.8) is 0 Å². The number of nitrogens with zero attached hydrogens (tertiary/aromatic N) is 2. The van der Waals surface area contributed by atoms with Crippen LogP contribution in [0.4, 0.5) is 5.88 Å². The first kappa shape index (κ1) is 13.8. The minimum absolute atomic E-state index is 0.0217. The van der Waals surface area contributed by atoms with Crippen LogP contribution in [-0.2, 0) is 0 Å². The van der Waals surface area contributed by atoms with E-state index in [4.69, 9.17) is 9.63 Å². The standard InChI is InChI=1S/C14H13N3O3/c1-10-9-12(20-17-10)16-14(19)13-11(5-2-3-8-18)6-4-7-15-13/h4,6-7,9,18H,3,8H2,1H3,(H,16,19). The lowest BCUT2D eigenvalue weighted by Crippen LogP contribution is -2.14. The number of rotatable bonds is 3. The van der Waals surface area contributed by atoms with E-state index in [-0.39, 0.29) is 18.2 Å². The third-order valence-electron chi connectivity index (χ3n) is 2.35. The first-order chi connectivity index (χ1) is 9.70. The fourth-order valence-corrected chi connectivity index (χ4v) is 1.49. The predicted octanol–water partition coefficient (Wildman–Crippen LogP) is 1.36. The number of hydrogen-bond acceptors (Lipinski definition) is 5. The maximum atomic E-state index is 12.1. The van der Waals surface area contributed by atoms with E-state index in [0.29, 0.717) is 17.7 Å². The summed E-state index contributed by atoms with van der Waals surface area (Å²) in [6.07, 6.45) is 1.86. The zero-order valence-corrected chi connectivity index (χ0v) is 10.9. The van der Waals surface area contributed by atoms with Crippen LogP contribution in [0.1, 0.15) is 28.2 Å². The van der Waals surface area contributed by atoms with Crippen molar-refractivity contribution in [2.45, 2.75) is 13.3 Å². The van der Waals surface area contributed by atoms with Gasteiger partial charge in [0.1, 0.15) is 5.69 Å². The maximum Gasteiger partial charge on any atom is 0.277 e. The molecule has 0 aliphatic heterocycles. The van der Waals surface area contributed by atoms with E-state index in [1.165, 1.54) is 6.20 Å². The lowest BCUT2D eigenvalue weighted by molar-refractivity contribution is 0.101. The number of hydrogen-bond donors (Lipinski definition) is 2. The number of carbonyl (C=O) groups excluding carboxylic acids is 1. The average molecular weight is 271 g/mol. The molecule has 20 heavy (non-hydrogen) atoms. The van der Waals surface area contributed by atoms with Gasteiger partial charge in [0.15, 0.2) is 0 Å². The van der Waals surface area contributed by atoms with Gasteiger partial charge in [-0.3, -0.25) is 10.1 Å². The van der Waals surface area contributed by atoms with E-state index in [0.717, 1.165) is 0 Å². The van der Waals surface area contributed by atoms with Crippen molar-refractivity contribution in [2.24, 2.45) is 0 Å². The van der Waals surface area contributed by atoms with Crippen LogP contribution in [0.15, 0.2) is 28.9 Å². The van der Waals surface area contributed by atoms with Gasteiger partial charge in [0.25, 0.3) is 5.91 Å². The highest BCUT2D eigenvalue weighted by molar-refractivity contribution is 6.03. The van der Waals surface area contributed by atoms with E-state index < -0.39 is 5.91 Å². The van der Waals surface area contributed by atoms with Gasteiger partial charge in [-0.1, -0.05) is 17.0 Å². The summed E-state index contributed by atoms with van der Waals surface area (Å²) < 4.78 is 4.92. The normalized spacial score (nSPS) is 9.70. The summed E-state index contributed by atoms with van der Waals surface area (Å²) >= 11 is 0. The maximum absolute atomic E-state index is 12.1. The number of aliphatic hydroxyl groups is 1. The first-order valence-electron chi connectivity index (χ1n) is 6.00. The Morgan fingerprint density at radius 3 is 3.10 bits per heavy atom. The highest BCUT2D eigenvalue weighted by Crippen LogP contribution is 2.11. The molecule has 6 heteroatoms. The van der Waals surface area contributed by atoms with E-state index in [1.807, 2.05) is 0 Å². The zero-order valence-electron chi connectivity index (χ0n) is 10.9. The van der Waals surface area contributed by atoms with Crippen LogP contribution in [-0.4, -0.2) is 27.8 Å². The van der Waals surface area contributed by atoms with Crippen LogP contribution < -0.4 is 5.32 Å². The average Bonchev–Trinajstić information content (AvgIpc) is 2.85. The van der Waals surface area contributed by atoms with E-state index in [2.05, 4.69) is 27.3 Å². The van der Waals surface area contributed by atoms with Crippen molar-refractivity contribution in [1.82, 2.24) is 10.1 Å². The van der Waals surface area contributed by atoms with Gasteiger partial charge in [-0.05, 0) is 19.1 Å². The largest absolute Gasteiger partial charge is 0.395 e. The van der Waals surface area contributed by atoms with Gasteiger partial charge in [-0.25, -0.2) is 4.98 Å². The highest BCUT2D eigenvalue weighted by Gasteiger charge is 2.13. The first-order valence-corrected chi connectivity index (χ1v) is 6.00.